The van der Waals surface area contributed by atoms with Crippen molar-refractivity contribution < 1.29 is 4.79 Å². The lowest BCUT2D eigenvalue weighted by Gasteiger charge is -2.15. The van der Waals surface area contributed by atoms with Gasteiger partial charge in [0.1, 0.15) is 0 Å². The Morgan fingerprint density at radius 2 is 1.92 bits per heavy atom. The van der Waals surface area contributed by atoms with Crippen LogP contribution in [0.15, 0.2) is 42.9 Å². The topological polar surface area (TPSA) is 72.9 Å². The van der Waals surface area contributed by atoms with Gasteiger partial charge in [0.2, 0.25) is 5.91 Å². The molecule has 1 heterocycles. The van der Waals surface area contributed by atoms with E-state index in [0.29, 0.717) is 12.5 Å². The van der Waals surface area contributed by atoms with Gasteiger partial charge in [0, 0.05) is 25.2 Å². The minimum absolute atomic E-state index is 0. The molecule has 3 N–H and O–H groups in total. The largest absolute Gasteiger partial charge is 0.352 e. The van der Waals surface area contributed by atoms with Gasteiger partial charge < -0.3 is 15.6 Å². The molecule has 7 heteroatoms. The molecule has 138 valence electrons. The van der Waals surface area contributed by atoms with E-state index in [4.69, 9.17) is 5.73 Å². The normalized spacial score (nSPS) is 15.1. The highest BCUT2D eigenvalue weighted by Crippen LogP contribution is 2.17. The van der Waals surface area contributed by atoms with Crippen molar-refractivity contribution in [1.29, 1.82) is 0 Å². The van der Waals surface area contributed by atoms with Gasteiger partial charge in [0.15, 0.2) is 0 Å². The number of hydrogen-bond donors (Lipinski definition) is 2. The van der Waals surface area contributed by atoms with Crippen LogP contribution in [0.25, 0.3) is 0 Å². The maximum atomic E-state index is 12.1. The Bertz CT molecular complexity index is 642. The van der Waals surface area contributed by atoms with E-state index in [-0.39, 0.29) is 30.7 Å². The standard InChI is InChI=1S/C18H24N4O.2ClH/c19-17(18(23)21-15-8-4-5-9-15)10-16-12-22(13-20-16)11-14-6-2-1-3-7-14;;/h1-3,6-7,12-13,15,17H,4-5,8-11,19H2,(H,21,23);2*1H/t17-;;/m0../s1. The van der Waals surface area contributed by atoms with Crippen molar-refractivity contribution in [2.24, 2.45) is 5.73 Å². The van der Waals surface area contributed by atoms with Gasteiger partial charge in [-0.15, -0.1) is 24.8 Å². The Morgan fingerprint density at radius 1 is 1.24 bits per heavy atom. The summed E-state index contributed by atoms with van der Waals surface area (Å²) in [4.78, 5) is 16.5. The molecule has 2 aromatic rings. The summed E-state index contributed by atoms with van der Waals surface area (Å²) in [5.41, 5.74) is 8.11. The van der Waals surface area contributed by atoms with Crippen LogP contribution in [0, 0.1) is 0 Å². The summed E-state index contributed by atoms with van der Waals surface area (Å²) < 4.78 is 2.02. The third-order valence-corrected chi connectivity index (χ3v) is 4.36. The number of amides is 1. The molecule has 5 nitrogen and oxygen atoms in total. The fourth-order valence-corrected chi connectivity index (χ4v) is 3.09. The van der Waals surface area contributed by atoms with E-state index < -0.39 is 6.04 Å². The molecule has 0 saturated heterocycles. The molecular weight excluding hydrogens is 359 g/mol. The molecule has 1 amide bonds. The van der Waals surface area contributed by atoms with E-state index in [9.17, 15) is 4.79 Å². The summed E-state index contributed by atoms with van der Waals surface area (Å²) in [5, 5.41) is 3.05. The molecule has 1 saturated carbocycles. The highest BCUT2D eigenvalue weighted by molar-refractivity contribution is 5.85. The molecule has 0 radical (unpaired) electrons. The second-order valence-corrected chi connectivity index (χ2v) is 6.32. The van der Waals surface area contributed by atoms with Crippen molar-refractivity contribution in [3.63, 3.8) is 0 Å². The van der Waals surface area contributed by atoms with Crippen molar-refractivity contribution >= 4 is 30.7 Å². The number of rotatable bonds is 6. The lowest BCUT2D eigenvalue weighted by Crippen LogP contribution is -2.45. The van der Waals surface area contributed by atoms with E-state index in [2.05, 4.69) is 22.4 Å². The van der Waals surface area contributed by atoms with Gasteiger partial charge >= 0.3 is 0 Å². The highest BCUT2D eigenvalue weighted by Gasteiger charge is 2.21. The number of nitrogens with one attached hydrogen (secondary N) is 1. The van der Waals surface area contributed by atoms with Crippen LogP contribution in [-0.2, 0) is 17.8 Å². The Labute approximate surface area is 161 Å². The van der Waals surface area contributed by atoms with Gasteiger partial charge in [-0.1, -0.05) is 43.2 Å². The Morgan fingerprint density at radius 3 is 2.60 bits per heavy atom. The van der Waals surface area contributed by atoms with Crippen molar-refractivity contribution in [2.45, 2.75) is 50.7 Å². The van der Waals surface area contributed by atoms with Crippen molar-refractivity contribution in [3.05, 3.63) is 54.1 Å². The molecule has 1 aromatic carbocycles. The highest BCUT2D eigenvalue weighted by atomic mass is 35.5. The lowest BCUT2D eigenvalue weighted by atomic mass is 10.1. The zero-order valence-electron chi connectivity index (χ0n) is 14.1. The molecule has 3 rings (SSSR count). The molecule has 0 unspecified atom stereocenters. The smallest absolute Gasteiger partial charge is 0.237 e. The molecule has 1 fully saturated rings. The fraction of sp³-hybridized carbons (Fsp3) is 0.444. The summed E-state index contributed by atoms with van der Waals surface area (Å²) in [5.74, 6) is -0.0606. The zero-order chi connectivity index (χ0) is 16.1. The van der Waals surface area contributed by atoms with E-state index in [1.54, 1.807) is 6.33 Å². The molecule has 25 heavy (non-hydrogen) atoms. The lowest BCUT2D eigenvalue weighted by molar-refractivity contribution is -0.123. The SMILES string of the molecule is Cl.Cl.N[C@@H](Cc1cn(Cc2ccccc2)cn1)C(=O)NC1CCCC1. The maximum absolute atomic E-state index is 12.1. The molecule has 1 atom stereocenters. The number of imidazole rings is 1. The summed E-state index contributed by atoms with van der Waals surface area (Å²) in [6.45, 7) is 0.775. The summed E-state index contributed by atoms with van der Waals surface area (Å²) >= 11 is 0. The monoisotopic (exact) mass is 384 g/mol. The van der Waals surface area contributed by atoms with Gasteiger partial charge in [-0.25, -0.2) is 4.98 Å². The number of nitrogens with zero attached hydrogens (tertiary/aromatic N) is 2. The quantitative estimate of drug-likeness (QED) is 0.803. The summed E-state index contributed by atoms with van der Waals surface area (Å²) in [6.07, 6.45) is 8.78. The van der Waals surface area contributed by atoms with Crippen molar-refractivity contribution in [2.75, 3.05) is 0 Å². The van der Waals surface area contributed by atoms with E-state index in [0.717, 1.165) is 25.1 Å². The first-order valence-electron chi connectivity index (χ1n) is 8.31. The number of hydrogen-bond acceptors (Lipinski definition) is 3. The van der Waals surface area contributed by atoms with Crippen molar-refractivity contribution in [1.82, 2.24) is 14.9 Å². The minimum atomic E-state index is -0.532. The van der Waals surface area contributed by atoms with Crippen LogP contribution in [0.3, 0.4) is 0 Å². The van der Waals surface area contributed by atoms with Crippen LogP contribution in [0.1, 0.15) is 36.9 Å². The third kappa shape index (κ3) is 6.34. The third-order valence-electron chi connectivity index (χ3n) is 4.36. The Hall–Kier alpha value is -1.56. The average molecular weight is 385 g/mol. The van der Waals surface area contributed by atoms with Crippen LogP contribution >= 0.6 is 24.8 Å². The van der Waals surface area contributed by atoms with Crippen LogP contribution in [0.4, 0.5) is 0 Å². The van der Waals surface area contributed by atoms with Crippen LogP contribution < -0.4 is 11.1 Å². The Balaban J connectivity index is 0.00000156. The van der Waals surface area contributed by atoms with E-state index in [1.807, 2.05) is 29.0 Å². The van der Waals surface area contributed by atoms with Crippen LogP contribution in [0.5, 0.6) is 0 Å². The van der Waals surface area contributed by atoms with Gasteiger partial charge in [-0.3, -0.25) is 4.79 Å². The second kappa shape index (κ2) is 10.4. The van der Waals surface area contributed by atoms with Crippen molar-refractivity contribution in [3.8, 4) is 0 Å². The zero-order valence-corrected chi connectivity index (χ0v) is 15.8. The predicted octanol–water partition coefficient (Wildman–Crippen LogP) is 2.70. The number of carbonyl (C=O) groups is 1. The van der Waals surface area contributed by atoms with E-state index >= 15 is 0 Å². The first-order chi connectivity index (χ1) is 11.2. The van der Waals surface area contributed by atoms with Gasteiger partial charge in [0.25, 0.3) is 0 Å². The molecule has 1 aromatic heterocycles. The van der Waals surface area contributed by atoms with Gasteiger partial charge in [0.05, 0.1) is 18.1 Å². The van der Waals surface area contributed by atoms with E-state index in [1.165, 1.54) is 18.4 Å². The number of benzene rings is 1. The average Bonchev–Trinajstić information content (AvgIpc) is 3.20. The number of nitrogens with two attached hydrogens (primary N) is 1. The summed E-state index contributed by atoms with van der Waals surface area (Å²) in [7, 11) is 0. The first kappa shape index (κ1) is 21.5. The predicted molar refractivity (Wildman–Crippen MR) is 104 cm³/mol. The minimum Gasteiger partial charge on any atom is -0.352 e. The van der Waals surface area contributed by atoms with Crippen LogP contribution in [-0.4, -0.2) is 27.5 Å². The fourth-order valence-electron chi connectivity index (χ4n) is 3.09. The molecule has 0 bridgehead atoms. The number of aromatic nitrogens is 2. The summed E-state index contributed by atoms with van der Waals surface area (Å²) in [6, 6.07) is 10.00. The second-order valence-electron chi connectivity index (χ2n) is 6.32. The van der Waals surface area contributed by atoms with Gasteiger partial charge in [-0.05, 0) is 18.4 Å². The molecule has 1 aliphatic carbocycles. The molecule has 1 aliphatic rings. The molecule has 0 aliphatic heterocycles. The molecule has 0 spiro atoms. The maximum Gasteiger partial charge on any atom is 0.237 e. The first-order valence-corrected chi connectivity index (χ1v) is 8.31. The molecular formula is C18H26Cl2N4O. The van der Waals surface area contributed by atoms with Gasteiger partial charge in [-0.2, -0.15) is 0 Å². The number of halogens is 2. The Kier molecular flexibility index (Phi) is 8.97. The number of carbonyl (C=O) groups excluding carboxylic acids is 1. The van der Waals surface area contributed by atoms with Crippen LogP contribution in [0.2, 0.25) is 0 Å².